The lowest BCUT2D eigenvalue weighted by Gasteiger charge is -2.21. The van der Waals surface area contributed by atoms with Crippen LogP contribution in [0.1, 0.15) is 44.9 Å². The Morgan fingerprint density at radius 1 is 1.06 bits per heavy atom. The number of nitrogens with one attached hydrogen (secondary N) is 2. The third-order valence-corrected chi connectivity index (χ3v) is 3.35. The largest absolute Gasteiger partial charge is 0.337 e. The second-order valence-corrected chi connectivity index (χ2v) is 5.12. The average molecular weight is 241 g/mol. The zero-order valence-electron chi connectivity index (χ0n) is 11.3. The van der Waals surface area contributed by atoms with Gasteiger partial charge in [0.1, 0.15) is 0 Å². The highest BCUT2D eigenvalue weighted by Gasteiger charge is 2.10. The smallest absolute Gasteiger partial charge is 0.316 e. The summed E-state index contributed by atoms with van der Waals surface area (Å²) in [6.07, 6.45) is 9.46. The zero-order valence-corrected chi connectivity index (χ0v) is 11.3. The molecule has 2 amide bonds. The number of amides is 2. The van der Waals surface area contributed by atoms with Gasteiger partial charge >= 0.3 is 6.03 Å². The molecule has 4 nitrogen and oxygen atoms in total. The first kappa shape index (κ1) is 14.3. The maximum Gasteiger partial charge on any atom is 0.316 e. The minimum absolute atomic E-state index is 0.00975. The highest BCUT2D eigenvalue weighted by molar-refractivity contribution is 5.73. The van der Waals surface area contributed by atoms with Gasteiger partial charge in [-0.2, -0.15) is 0 Å². The second-order valence-electron chi connectivity index (χ2n) is 5.12. The Bertz CT molecular complexity index is 211. The molecule has 1 fully saturated rings. The van der Waals surface area contributed by atoms with Gasteiger partial charge in [0.2, 0.25) is 0 Å². The first-order valence-corrected chi connectivity index (χ1v) is 6.88. The number of nitrogens with zero attached hydrogens (tertiary/aromatic N) is 1. The molecule has 1 saturated carbocycles. The SMILES string of the molecule is CN(C)C(=O)NCCNC1CCCCCCC1. The van der Waals surface area contributed by atoms with Crippen molar-refractivity contribution in [1.82, 2.24) is 15.5 Å². The molecule has 1 aliphatic carbocycles. The molecule has 0 saturated heterocycles. The zero-order chi connectivity index (χ0) is 12.5. The normalized spacial score (nSPS) is 18.2. The lowest BCUT2D eigenvalue weighted by molar-refractivity contribution is 0.217. The lowest BCUT2D eigenvalue weighted by Crippen LogP contribution is -2.40. The number of urea groups is 1. The van der Waals surface area contributed by atoms with Crippen LogP contribution in [0, 0.1) is 0 Å². The molecule has 0 unspecified atom stereocenters. The monoisotopic (exact) mass is 241 g/mol. The van der Waals surface area contributed by atoms with Gasteiger partial charge in [-0.05, 0) is 12.8 Å². The van der Waals surface area contributed by atoms with E-state index in [-0.39, 0.29) is 6.03 Å². The van der Waals surface area contributed by atoms with E-state index in [4.69, 9.17) is 0 Å². The summed E-state index contributed by atoms with van der Waals surface area (Å²) in [7, 11) is 3.52. The molecule has 0 aliphatic heterocycles. The quantitative estimate of drug-likeness (QED) is 0.739. The first-order valence-electron chi connectivity index (χ1n) is 6.88. The molecular weight excluding hydrogens is 214 g/mol. The minimum atomic E-state index is -0.00975. The number of hydrogen-bond donors (Lipinski definition) is 2. The third kappa shape index (κ3) is 6.51. The van der Waals surface area contributed by atoms with Crippen LogP contribution in [0.2, 0.25) is 0 Å². The van der Waals surface area contributed by atoms with Crippen LogP contribution in [0.4, 0.5) is 4.79 Å². The molecule has 0 aromatic rings. The first-order chi connectivity index (χ1) is 8.20. The molecular formula is C13H27N3O. The Labute approximate surface area is 105 Å². The van der Waals surface area contributed by atoms with E-state index in [0.717, 1.165) is 6.54 Å². The molecule has 1 rings (SSSR count). The van der Waals surface area contributed by atoms with Crippen molar-refractivity contribution in [1.29, 1.82) is 0 Å². The van der Waals surface area contributed by atoms with Gasteiger partial charge in [-0.3, -0.25) is 0 Å². The van der Waals surface area contributed by atoms with Crippen molar-refractivity contribution in [3.05, 3.63) is 0 Å². The molecule has 0 spiro atoms. The number of hydrogen-bond acceptors (Lipinski definition) is 2. The fourth-order valence-electron chi connectivity index (χ4n) is 2.26. The van der Waals surface area contributed by atoms with Gasteiger partial charge in [-0.1, -0.05) is 32.1 Å². The number of carbonyl (C=O) groups is 1. The van der Waals surface area contributed by atoms with E-state index in [1.807, 2.05) is 0 Å². The van der Waals surface area contributed by atoms with Crippen molar-refractivity contribution in [3.8, 4) is 0 Å². The Morgan fingerprint density at radius 2 is 1.65 bits per heavy atom. The van der Waals surface area contributed by atoms with Crippen LogP contribution in [-0.2, 0) is 0 Å². The van der Waals surface area contributed by atoms with Crippen LogP contribution in [0.25, 0.3) is 0 Å². The molecule has 100 valence electrons. The van der Waals surface area contributed by atoms with Crippen molar-refractivity contribution in [2.45, 2.75) is 51.0 Å². The van der Waals surface area contributed by atoms with Crippen molar-refractivity contribution in [2.75, 3.05) is 27.2 Å². The molecule has 2 N–H and O–H groups in total. The summed E-state index contributed by atoms with van der Waals surface area (Å²) in [5.74, 6) is 0. The van der Waals surface area contributed by atoms with Gasteiger partial charge < -0.3 is 15.5 Å². The lowest BCUT2D eigenvalue weighted by atomic mass is 9.97. The fourth-order valence-corrected chi connectivity index (χ4v) is 2.26. The summed E-state index contributed by atoms with van der Waals surface area (Å²) in [5, 5.41) is 6.42. The Morgan fingerprint density at radius 3 is 2.24 bits per heavy atom. The van der Waals surface area contributed by atoms with Gasteiger partial charge in [-0.15, -0.1) is 0 Å². The van der Waals surface area contributed by atoms with E-state index in [1.165, 1.54) is 44.9 Å². The van der Waals surface area contributed by atoms with Crippen molar-refractivity contribution < 1.29 is 4.79 Å². The summed E-state index contributed by atoms with van der Waals surface area (Å²) in [6.45, 7) is 1.60. The minimum Gasteiger partial charge on any atom is -0.337 e. The average Bonchev–Trinajstić information content (AvgIpc) is 2.25. The van der Waals surface area contributed by atoms with E-state index in [0.29, 0.717) is 12.6 Å². The molecule has 0 bridgehead atoms. The Kier molecular flexibility index (Phi) is 7.01. The van der Waals surface area contributed by atoms with E-state index in [9.17, 15) is 4.79 Å². The third-order valence-electron chi connectivity index (χ3n) is 3.35. The highest BCUT2D eigenvalue weighted by atomic mass is 16.2. The van der Waals surface area contributed by atoms with E-state index in [1.54, 1.807) is 19.0 Å². The van der Waals surface area contributed by atoms with Crippen molar-refractivity contribution in [2.24, 2.45) is 0 Å². The van der Waals surface area contributed by atoms with Crippen LogP contribution in [0.3, 0.4) is 0 Å². The van der Waals surface area contributed by atoms with Crippen LogP contribution in [0.15, 0.2) is 0 Å². The standard InChI is InChI=1S/C13H27N3O/c1-16(2)13(17)15-11-10-14-12-8-6-4-3-5-7-9-12/h12,14H,3-11H2,1-2H3,(H,15,17). The topological polar surface area (TPSA) is 44.4 Å². The highest BCUT2D eigenvalue weighted by Crippen LogP contribution is 2.16. The molecule has 1 aliphatic rings. The molecule has 0 radical (unpaired) electrons. The molecule has 17 heavy (non-hydrogen) atoms. The predicted molar refractivity (Wildman–Crippen MR) is 71.2 cm³/mol. The van der Waals surface area contributed by atoms with Crippen molar-refractivity contribution in [3.63, 3.8) is 0 Å². The van der Waals surface area contributed by atoms with Gasteiger partial charge in [0.15, 0.2) is 0 Å². The number of carbonyl (C=O) groups excluding carboxylic acids is 1. The van der Waals surface area contributed by atoms with Crippen molar-refractivity contribution >= 4 is 6.03 Å². The van der Waals surface area contributed by atoms with Gasteiger partial charge in [0, 0.05) is 33.2 Å². The summed E-state index contributed by atoms with van der Waals surface area (Å²) in [4.78, 5) is 12.8. The van der Waals surface area contributed by atoms with E-state index in [2.05, 4.69) is 10.6 Å². The Balaban J connectivity index is 2.06. The predicted octanol–water partition coefficient (Wildman–Crippen LogP) is 1.96. The summed E-state index contributed by atoms with van der Waals surface area (Å²) < 4.78 is 0. The van der Waals surface area contributed by atoms with E-state index < -0.39 is 0 Å². The Hall–Kier alpha value is -0.770. The van der Waals surface area contributed by atoms with Crippen LogP contribution in [0.5, 0.6) is 0 Å². The van der Waals surface area contributed by atoms with Gasteiger partial charge in [-0.25, -0.2) is 4.79 Å². The molecule has 0 aromatic carbocycles. The maximum absolute atomic E-state index is 11.3. The number of rotatable bonds is 4. The van der Waals surface area contributed by atoms with Gasteiger partial charge in [0.25, 0.3) is 0 Å². The molecule has 0 aromatic heterocycles. The molecule has 0 atom stereocenters. The van der Waals surface area contributed by atoms with Gasteiger partial charge in [0.05, 0.1) is 0 Å². The van der Waals surface area contributed by atoms with Crippen LogP contribution in [-0.4, -0.2) is 44.2 Å². The summed E-state index contributed by atoms with van der Waals surface area (Å²) in [5.41, 5.74) is 0. The molecule has 4 heteroatoms. The fraction of sp³-hybridized carbons (Fsp3) is 0.923. The maximum atomic E-state index is 11.3. The van der Waals surface area contributed by atoms with E-state index >= 15 is 0 Å². The van der Waals surface area contributed by atoms with Crippen LogP contribution < -0.4 is 10.6 Å². The summed E-state index contributed by atoms with van der Waals surface area (Å²) in [6, 6.07) is 0.649. The second kappa shape index (κ2) is 8.34. The summed E-state index contributed by atoms with van der Waals surface area (Å²) >= 11 is 0. The van der Waals surface area contributed by atoms with Crippen LogP contribution >= 0.6 is 0 Å². The molecule has 0 heterocycles.